The monoisotopic (exact) mass is 155 g/mol. The van der Waals surface area contributed by atoms with Gasteiger partial charge in [-0.15, -0.1) is 0 Å². The first-order valence-corrected chi connectivity index (χ1v) is 4.28. The maximum Gasteiger partial charge on any atom is 0.150 e. The first kappa shape index (κ1) is 8.72. The van der Waals surface area contributed by atoms with Crippen LogP contribution >= 0.6 is 0 Å². The van der Waals surface area contributed by atoms with Gasteiger partial charge in [0, 0.05) is 6.42 Å². The summed E-state index contributed by atoms with van der Waals surface area (Å²) in [6.45, 7) is 7.31. The second-order valence-electron chi connectivity index (χ2n) is 4.32. The lowest BCUT2D eigenvalue weighted by Crippen LogP contribution is -2.49. The van der Waals surface area contributed by atoms with Crippen LogP contribution in [0.3, 0.4) is 0 Å². The number of hydrogen-bond acceptors (Lipinski definition) is 2. The molecule has 11 heavy (non-hydrogen) atoms. The van der Waals surface area contributed by atoms with Gasteiger partial charge in [-0.1, -0.05) is 20.8 Å². The zero-order valence-corrected chi connectivity index (χ0v) is 7.61. The summed E-state index contributed by atoms with van der Waals surface area (Å²) in [5.74, 6) is 0.378. The van der Waals surface area contributed by atoms with Crippen LogP contribution in [0.2, 0.25) is 0 Å². The zero-order chi connectivity index (χ0) is 8.48. The summed E-state index contributed by atoms with van der Waals surface area (Å²) >= 11 is 0. The van der Waals surface area contributed by atoms with Gasteiger partial charge < -0.3 is 5.32 Å². The molecule has 1 atom stereocenters. The van der Waals surface area contributed by atoms with E-state index in [-0.39, 0.29) is 11.5 Å². The lowest BCUT2D eigenvalue weighted by Gasteiger charge is -2.33. The molecule has 64 valence electrons. The maximum absolute atomic E-state index is 11.4. The van der Waals surface area contributed by atoms with Gasteiger partial charge in [0.1, 0.15) is 5.78 Å². The third-order valence-electron chi connectivity index (χ3n) is 2.14. The van der Waals surface area contributed by atoms with E-state index >= 15 is 0 Å². The Labute approximate surface area is 68.4 Å². The molecule has 0 aliphatic carbocycles. The molecule has 0 amide bonds. The van der Waals surface area contributed by atoms with Gasteiger partial charge in [-0.2, -0.15) is 0 Å². The standard InChI is InChI=1S/C9H17NO/c1-9(2,3)8-7(11)5-4-6-10-8/h8,10H,4-6H2,1-3H3. The lowest BCUT2D eigenvalue weighted by molar-refractivity contribution is -0.124. The molecular weight excluding hydrogens is 138 g/mol. The Hall–Kier alpha value is -0.370. The lowest BCUT2D eigenvalue weighted by atomic mass is 9.81. The Morgan fingerprint density at radius 3 is 2.45 bits per heavy atom. The average Bonchev–Trinajstić information content (AvgIpc) is 1.86. The van der Waals surface area contributed by atoms with E-state index in [9.17, 15) is 4.79 Å². The zero-order valence-electron chi connectivity index (χ0n) is 7.61. The highest BCUT2D eigenvalue weighted by atomic mass is 16.1. The fourth-order valence-electron chi connectivity index (χ4n) is 1.56. The number of piperidine rings is 1. The number of carbonyl (C=O) groups excluding carboxylic acids is 1. The van der Waals surface area contributed by atoms with E-state index in [1.165, 1.54) is 0 Å². The van der Waals surface area contributed by atoms with Gasteiger partial charge in [0.2, 0.25) is 0 Å². The van der Waals surface area contributed by atoms with Gasteiger partial charge in [0.05, 0.1) is 6.04 Å². The number of hydrogen-bond donors (Lipinski definition) is 1. The van der Waals surface area contributed by atoms with Crippen molar-refractivity contribution in [3.63, 3.8) is 0 Å². The second kappa shape index (κ2) is 2.94. The molecule has 1 aliphatic rings. The SMILES string of the molecule is CC(C)(C)C1NCCCC1=O. The maximum atomic E-state index is 11.4. The van der Waals surface area contributed by atoms with Crippen molar-refractivity contribution in [2.75, 3.05) is 6.54 Å². The third kappa shape index (κ3) is 2.03. The first-order valence-electron chi connectivity index (χ1n) is 4.28. The highest BCUT2D eigenvalue weighted by Crippen LogP contribution is 2.23. The van der Waals surface area contributed by atoms with Crippen LogP contribution in [0.1, 0.15) is 33.6 Å². The van der Waals surface area contributed by atoms with Crippen LogP contribution in [0.15, 0.2) is 0 Å². The van der Waals surface area contributed by atoms with Gasteiger partial charge in [0.25, 0.3) is 0 Å². The van der Waals surface area contributed by atoms with Crippen molar-refractivity contribution in [3.05, 3.63) is 0 Å². The first-order chi connectivity index (χ1) is 5.02. The van der Waals surface area contributed by atoms with Crippen LogP contribution in [0.5, 0.6) is 0 Å². The van der Waals surface area contributed by atoms with Crippen molar-refractivity contribution in [3.8, 4) is 0 Å². The van der Waals surface area contributed by atoms with Crippen molar-refractivity contribution in [2.24, 2.45) is 5.41 Å². The summed E-state index contributed by atoms with van der Waals surface area (Å²) in [4.78, 5) is 11.4. The minimum Gasteiger partial charge on any atom is -0.307 e. The largest absolute Gasteiger partial charge is 0.307 e. The minimum absolute atomic E-state index is 0.0799. The second-order valence-corrected chi connectivity index (χ2v) is 4.32. The van der Waals surface area contributed by atoms with Crippen LogP contribution in [0.25, 0.3) is 0 Å². The van der Waals surface area contributed by atoms with Crippen LogP contribution in [-0.4, -0.2) is 18.4 Å². The van der Waals surface area contributed by atoms with E-state index < -0.39 is 0 Å². The van der Waals surface area contributed by atoms with Crippen molar-refractivity contribution >= 4 is 5.78 Å². The van der Waals surface area contributed by atoms with Crippen LogP contribution in [0.4, 0.5) is 0 Å². The van der Waals surface area contributed by atoms with Crippen molar-refractivity contribution in [2.45, 2.75) is 39.7 Å². The predicted octanol–water partition coefficient (Wildman–Crippen LogP) is 1.35. The third-order valence-corrected chi connectivity index (χ3v) is 2.14. The summed E-state index contributed by atoms with van der Waals surface area (Å²) < 4.78 is 0. The van der Waals surface area contributed by atoms with Gasteiger partial charge in [-0.05, 0) is 18.4 Å². The number of Topliss-reactive ketones (excluding diaryl/α,β-unsaturated/α-hetero) is 1. The molecule has 1 fully saturated rings. The summed E-state index contributed by atoms with van der Waals surface area (Å²) in [5.41, 5.74) is 0.0809. The Balaban J connectivity index is 2.62. The van der Waals surface area contributed by atoms with Gasteiger partial charge in [-0.3, -0.25) is 4.79 Å². The number of carbonyl (C=O) groups is 1. The molecule has 1 saturated heterocycles. The minimum atomic E-state index is 0.0799. The molecule has 0 aromatic heterocycles. The molecule has 0 saturated carbocycles. The van der Waals surface area contributed by atoms with Gasteiger partial charge >= 0.3 is 0 Å². The molecular formula is C9H17NO. The predicted molar refractivity (Wildman–Crippen MR) is 45.5 cm³/mol. The number of nitrogens with one attached hydrogen (secondary N) is 1. The van der Waals surface area contributed by atoms with E-state index in [0.29, 0.717) is 5.78 Å². The molecule has 1 heterocycles. The normalized spacial score (nSPS) is 27.2. The highest BCUT2D eigenvalue weighted by Gasteiger charge is 2.32. The Morgan fingerprint density at radius 2 is 2.09 bits per heavy atom. The van der Waals surface area contributed by atoms with Crippen molar-refractivity contribution < 1.29 is 4.79 Å². The molecule has 2 heteroatoms. The molecule has 0 radical (unpaired) electrons. The molecule has 0 spiro atoms. The van der Waals surface area contributed by atoms with Crippen molar-refractivity contribution in [1.82, 2.24) is 5.32 Å². The van der Waals surface area contributed by atoms with Crippen molar-refractivity contribution in [1.29, 1.82) is 0 Å². The Kier molecular flexibility index (Phi) is 2.33. The molecule has 0 aromatic rings. The topological polar surface area (TPSA) is 29.1 Å². The van der Waals surface area contributed by atoms with E-state index in [0.717, 1.165) is 19.4 Å². The molecule has 2 nitrogen and oxygen atoms in total. The molecule has 0 bridgehead atoms. The number of rotatable bonds is 0. The molecule has 1 aliphatic heterocycles. The number of ketones is 1. The van der Waals surface area contributed by atoms with Crippen LogP contribution in [0, 0.1) is 5.41 Å². The molecule has 0 aromatic carbocycles. The Bertz CT molecular complexity index is 157. The average molecular weight is 155 g/mol. The van der Waals surface area contributed by atoms with Gasteiger partial charge in [-0.25, -0.2) is 0 Å². The summed E-state index contributed by atoms with van der Waals surface area (Å²) in [6, 6.07) is 0.0799. The van der Waals surface area contributed by atoms with Crippen LogP contribution < -0.4 is 5.32 Å². The van der Waals surface area contributed by atoms with E-state index in [4.69, 9.17) is 0 Å². The highest BCUT2D eigenvalue weighted by molar-refractivity contribution is 5.85. The summed E-state index contributed by atoms with van der Waals surface area (Å²) in [6.07, 6.45) is 1.76. The van der Waals surface area contributed by atoms with Gasteiger partial charge in [0.15, 0.2) is 0 Å². The summed E-state index contributed by atoms with van der Waals surface area (Å²) in [7, 11) is 0. The smallest absolute Gasteiger partial charge is 0.150 e. The fourth-order valence-corrected chi connectivity index (χ4v) is 1.56. The quantitative estimate of drug-likeness (QED) is 0.572. The summed E-state index contributed by atoms with van der Waals surface area (Å²) in [5, 5.41) is 3.26. The molecule has 1 rings (SSSR count). The van der Waals surface area contributed by atoms with Crippen LogP contribution in [-0.2, 0) is 4.79 Å². The fraction of sp³-hybridized carbons (Fsp3) is 0.889. The Morgan fingerprint density at radius 1 is 1.45 bits per heavy atom. The molecule has 1 unspecified atom stereocenters. The van der Waals surface area contributed by atoms with E-state index in [2.05, 4.69) is 26.1 Å². The van der Waals surface area contributed by atoms with E-state index in [1.54, 1.807) is 0 Å². The molecule has 1 N–H and O–H groups in total. The van der Waals surface area contributed by atoms with E-state index in [1.807, 2.05) is 0 Å².